The molecule has 0 aliphatic rings. The van der Waals surface area contributed by atoms with Crippen molar-refractivity contribution >= 4 is 45.1 Å². The normalized spacial score (nSPS) is 10.1. The zero-order chi connectivity index (χ0) is 14.7. The number of carbonyl (C=O) groups excluding carboxylic acids is 1. The third kappa shape index (κ3) is 3.37. The first-order chi connectivity index (χ1) is 9.47. The average Bonchev–Trinajstić information content (AvgIpc) is 2.38. The van der Waals surface area contributed by atoms with Crippen molar-refractivity contribution in [1.82, 2.24) is 0 Å². The van der Waals surface area contributed by atoms with E-state index in [1.54, 1.807) is 30.3 Å². The minimum absolute atomic E-state index is 0.0776. The van der Waals surface area contributed by atoms with E-state index in [1.807, 2.05) is 0 Å². The Morgan fingerprint density at radius 1 is 1.15 bits per heavy atom. The lowest BCUT2D eigenvalue weighted by atomic mass is 10.1. The highest BCUT2D eigenvalue weighted by Gasteiger charge is 2.12. The van der Waals surface area contributed by atoms with Crippen LogP contribution in [0, 0.1) is 0 Å². The molecule has 0 aliphatic heterocycles. The van der Waals surface area contributed by atoms with Crippen molar-refractivity contribution in [2.75, 3.05) is 5.32 Å². The van der Waals surface area contributed by atoms with Gasteiger partial charge in [-0.1, -0.05) is 39.7 Å². The Bertz CT molecular complexity index is 688. The molecule has 102 valence electrons. The van der Waals surface area contributed by atoms with Gasteiger partial charge in [0.1, 0.15) is 0 Å². The first-order valence-corrected chi connectivity index (χ1v) is 6.74. The standard InChI is InChI=1S/C14H9BrClNO3/c15-9-5-8(14(19)20)6-10(7-9)17-13(18)11-3-1-2-4-12(11)16/h1-7H,(H,17,18)(H,19,20). The molecule has 2 N–H and O–H groups in total. The highest BCUT2D eigenvalue weighted by Crippen LogP contribution is 2.22. The van der Waals surface area contributed by atoms with Gasteiger partial charge in [0.25, 0.3) is 5.91 Å². The van der Waals surface area contributed by atoms with E-state index in [9.17, 15) is 9.59 Å². The van der Waals surface area contributed by atoms with E-state index in [4.69, 9.17) is 16.7 Å². The highest BCUT2D eigenvalue weighted by molar-refractivity contribution is 9.10. The monoisotopic (exact) mass is 353 g/mol. The summed E-state index contributed by atoms with van der Waals surface area (Å²) in [4.78, 5) is 23.0. The van der Waals surface area contributed by atoms with Gasteiger partial charge in [-0.3, -0.25) is 4.79 Å². The molecule has 0 unspecified atom stereocenters. The van der Waals surface area contributed by atoms with Gasteiger partial charge in [0.15, 0.2) is 0 Å². The Morgan fingerprint density at radius 2 is 1.85 bits per heavy atom. The number of nitrogens with one attached hydrogen (secondary N) is 1. The Balaban J connectivity index is 2.28. The van der Waals surface area contributed by atoms with E-state index in [-0.39, 0.29) is 5.56 Å². The molecule has 20 heavy (non-hydrogen) atoms. The summed E-state index contributed by atoms with van der Waals surface area (Å²) in [6.07, 6.45) is 0. The van der Waals surface area contributed by atoms with Crippen LogP contribution in [0.25, 0.3) is 0 Å². The molecule has 0 spiro atoms. The molecule has 0 atom stereocenters. The van der Waals surface area contributed by atoms with Crippen molar-refractivity contribution in [2.24, 2.45) is 0 Å². The fourth-order valence-electron chi connectivity index (χ4n) is 1.63. The van der Waals surface area contributed by atoms with Crippen LogP contribution in [0.1, 0.15) is 20.7 Å². The Labute approximate surface area is 128 Å². The van der Waals surface area contributed by atoms with Crippen molar-refractivity contribution in [3.63, 3.8) is 0 Å². The predicted octanol–water partition coefficient (Wildman–Crippen LogP) is 4.05. The second-order valence-corrected chi connectivity index (χ2v) is 5.29. The molecular formula is C14H9BrClNO3. The second-order valence-electron chi connectivity index (χ2n) is 3.97. The fourth-order valence-corrected chi connectivity index (χ4v) is 2.34. The number of halogens is 2. The van der Waals surface area contributed by atoms with Crippen LogP contribution in [0.4, 0.5) is 5.69 Å². The van der Waals surface area contributed by atoms with Crippen molar-refractivity contribution in [2.45, 2.75) is 0 Å². The summed E-state index contributed by atoms with van der Waals surface area (Å²) in [7, 11) is 0. The lowest BCUT2D eigenvalue weighted by Crippen LogP contribution is -2.13. The maximum atomic E-state index is 12.1. The molecule has 4 nitrogen and oxygen atoms in total. The van der Waals surface area contributed by atoms with Crippen molar-refractivity contribution < 1.29 is 14.7 Å². The lowest BCUT2D eigenvalue weighted by Gasteiger charge is -2.08. The molecule has 0 saturated heterocycles. The summed E-state index contributed by atoms with van der Waals surface area (Å²) < 4.78 is 0.562. The van der Waals surface area contributed by atoms with Gasteiger partial charge in [-0.05, 0) is 30.3 Å². The quantitative estimate of drug-likeness (QED) is 0.874. The van der Waals surface area contributed by atoms with Gasteiger partial charge in [-0.2, -0.15) is 0 Å². The number of carboxylic acids is 1. The molecular weight excluding hydrogens is 346 g/mol. The van der Waals surface area contributed by atoms with E-state index < -0.39 is 11.9 Å². The average molecular weight is 355 g/mol. The lowest BCUT2D eigenvalue weighted by molar-refractivity contribution is 0.0696. The van der Waals surface area contributed by atoms with Crippen LogP contribution < -0.4 is 5.32 Å². The van der Waals surface area contributed by atoms with Crippen molar-refractivity contribution in [3.8, 4) is 0 Å². The number of amides is 1. The van der Waals surface area contributed by atoms with Crippen molar-refractivity contribution in [1.29, 1.82) is 0 Å². The van der Waals surface area contributed by atoms with E-state index >= 15 is 0 Å². The molecule has 0 saturated carbocycles. The van der Waals surface area contributed by atoms with Gasteiger partial charge in [-0.25, -0.2) is 4.79 Å². The molecule has 0 radical (unpaired) electrons. The minimum atomic E-state index is -1.07. The van der Waals surface area contributed by atoms with Crippen LogP contribution in [-0.2, 0) is 0 Å². The molecule has 2 rings (SSSR count). The van der Waals surface area contributed by atoms with Gasteiger partial charge in [0.2, 0.25) is 0 Å². The Kier molecular flexibility index (Phi) is 4.42. The van der Waals surface area contributed by atoms with E-state index in [2.05, 4.69) is 21.2 Å². The second kappa shape index (κ2) is 6.07. The summed E-state index contributed by atoms with van der Waals surface area (Å²) in [5.74, 6) is -1.47. The number of rotatable bonds is 3. The molecule has 0 aromatic heterocycles. The van der Waals surface area contributed by atoms with E-state index in [1.165, 1.54) is 12.1 Å². The summed E-state index contributed by atoms with van der Waals surface area (Å²) in [5, 5.41) is 11.9. The smallest absolute Gasteiger partial charge is 0.335 e. The molecule has 0 heterocycles. The minimum Gasteiger partial charge on any atom is -0.478 e. The summed E-state index contributed by atoms with van der Waals surface area (Å²) in [6, 6.07) is 11.1. The largest absolute Gasteiger partial charge is 0.478 e. The SMILES string of the molecule is O=C(O)c1cc(Br)cc(NC(=O)c2ccccc2Cl)c1. The fraction of sp³-hybridized carbons (Fsp3) is 0. The molecule has 2 aromatic rings. The van der Waals surface area contributed by atoms with Gasteiger partial charge in [0.05, 0.1) is 16.1 Å². The van der Waals surface area contributed by atoms with Gasteiger partial charge in [0, 0.05) is 10.2 Å². The number of hydrogen-bond donors (Lipinski definition) is 2. The number of aromatic carboxylic acids is 1. The summed E-state index contributed by atoms with van der Waals surface area (Å²) in [6.45, 7) is 0. The molecule has 0 fully saturated rings. The zero-order valence-electron chi connectivity index (χ0n) is 10.1. The van der Waals surface area contributed by atoms with E-state index in [0.29, 0.717) is 20.7 Å². The third-order valence-corrected chi connectivity index (χ3v) is 3.31. The zero-order valence-corrected chi connectivity index (χ0v) is 12.4. The van der Waals surface area contributed by atoms with Gasteiger partial charge in [-0.15, -0.1) is 0 Å². The van der Waals surface area contributed by atoms with Gasteiger partial charge >= 0.3 is 5.97 Å². The van der Waals surface area contributed by atoms with Crippen LogP contribution in [0.2, 0.25) is 5.02 Å². The summed E-state index contributed by atoms with van der Waals surface area (Å²) >= 11 is 9.14. The van der Waals surface area contributed by atoms with Crippen LogP contribution >= 0.6 is 27.5 Å². The van der Waals surface area contributed by atoms with E-state index in [0.717, 1.165) is 0 Å². The highest BCUT2D eigenvalue weighted by atomic mass is 79.9. The number of hydrogen-bond acceptors (Lipinski definition) is 2. The molecule has 0 bridgehead atoms. The van der Waals surface area contributed by atoms with Crippen LogP contribution in [-0.4, -0.2) is 17.0 Å². The first kappa shape index (κ1) is 14.6. The summed E-state index contributed by atoms with van der Waals surface area (Å²) in [5.41, 5.74) is 0.779. The maximum absolute atomic E-state index is 12.1. The number of carboxylic acid groups (broad SMARTS) is 1. The van der Waals surface area contributed by atoms with Crippen LogP contribution in [0.15, 0.2) is 46.9 Å². The van der Waals surface area contributed by atoms with Gasteiger partial charge < -0.3 is 10.4 Å². The Morgan fingerprint density at radius 3 is 2.50 bits per heavy atom. The topological polar surface area (TPSA) is 66.4 Å². The third-order valence-electron chi connectivity index (χ3n) is 2.52. The Hall–Kier alpha value is -1.85. The first-order valence-electron chi connectivity index (χ1n) is 5.57. The van der Waals surface area contributed by atoms with Crippen LogP contribution in [0.3, 0.4) is 0 Å². The van der Waals surface area contributed by atoms with Crippen molar-refractivity contribution in [3.05, 3.63) is 63.1 Å². The number of carbonyl (C=O) groups is 2. The molecule has 6 heteroatoms. The number of benzene rings is 2. The molecule has 2 aromatic carbocycles. The maximum Gasteiger partial charge on any atom is 0.335 e. The number of anilines is 1. The predicted molar refractivity (Wildman–Crippen MR) is 80.5 cm³/mol. The molecule has 1 amide bonds. The van der Waals surface area contributed by atoms with Crippen LogP contribution in [0.5, 0.6) is 0 Å². The molecule has 0 aliphatic carbocycles.